The van der Waals surface area contributed by atoms with E-state index in [-0.39, 0.29) is 0 Å². The molecular formula is C22H30N4O. The molecule has 2 aliphatic heterocycles. The zero-order chi connectivity index (χ0) is 18.1. The van der Waals surface area contributed by atoms with Gasteiger partial charge in [-0.3, -0.25) is 15.2 Å². The van der Waals surface area contributed by atoms with E-state index in [1.165, 1.54) is 32.4 Å². The van der Waals surface area contributed by atoms with E-state index < -0.39 is 0 Å². The van der Waals surface area contributed by atoms with Gasteiger partial charge in [-0.15, -0.1) is 0 Å². The van der Waals surface area contributed by atoms with Crippen LogP contribution in [0.15, 0.2) is 40.8 Å². The molecular weight excluding hydrogens is 336 g/mol. The summed E-state index contributed by atoms with van der Waals surface area (Å²) in [6, 6.07) is 14.3. The minimum absolute atomic E-state index is 0.324. The van der Waals surface area contributed by atoms with E-state index in [9.17, 15) is 0 Å². The Morgan fingerprint density at radius 3 is 2.63 bits per heavy atom. The van der Waals surface area contributed by atoms with Crippen LogP contribution in [0.2, 0.25) is 0 Å². The third kappa shape index (κ3) is 3.83. The second kappa shape index (κ2) is 7.76. The molecule has 3 heterocycles. The van der Waals surface area contributed by atoms with Crippen molar-refractivity contribution in [1.82, 2.24) is 20.7 Å². The molecule has 5 heteroatoms. The molecule has 2 N–H and O–H groups in total. The number of hydrazine groups is 1. The first kappa shape index (κ1) is 17.4. The van der Waals surface area contributed by atoms with Gasteiger partial charge in [-0.25, -0.2) is 5.43 Å². The lowest BCUT2D eigenvalue weighted by atomic mass is 9.87. The van der Waals surface area contributed by atoms with Crippen molar-refractivity contribution in [1.29, 1.82) is 0 Å². The Hall–Kier alpha value is -1.66. The van der Waals surface area contributed by atoms with E-state index in [4.69, 9.17) is 4.42 Å². The van der Waals surface area contributed by atoms with Gasteiger partial charge in [0.15, 0.2) is 0 Å². The minimum atomic E-state index is 0.324. The summed E-state index contributed by atoms with van der Waals surface area (Å²) in [7, 11) is 0. The predicted molar refractivity (Wildman–Crippen MR) is 106 cm³/mol. The molecule has 2 saturated heterocycles. The third-order valence-electron chi connectivity index (χ3n) is 6.48. The van der Waals surface area contributed by atoms with Crippen molar-refractivity contribution in [2.45, 2.75) is 44.3 Å². The number of furan rings is 1. The Labute approximate surface area is 161 Å². The molecule has 5 rings (SSSR count). The molecule has 0 bridgehead atoms. The van der Waals surface area contributed by atoms with Crippen LogP contribution in [-0.2, 0) is 19.4 Å². The Bertz CT molecular complexity index is 759. The number of nitrogens with one attached hydrogen (secondary N) is 2. The highest BCUT2D eigenvalue weighted by atomic mass is 16.3. The summed E-state index contributed by atoms with van der Waals surface area (Å²) in [6.45, 7) is 6.56. The summed E-state index contributed by atoms with van der Waals surface area (Å²) in [5.74, 6) is 2.16. The highest BCUT2D eigenvalue weighted by Crippen LogP contribution is 2.26. The number of nitrogens with zero attached hydrogens (tertiary/aromatic N) is 2. The van der Waals surface area contributed by atoms with Gasteiger partial charge in [0.2, 0.25) is 0 Å². The van der Waals surface area contributed by atoms with Crippen LogP contribution in [0.4, 0.5) is 0 Å². The van der Waals surface area contributed by atoms with Crippen LogP contribution >= 0.6 is 0 Å². The largest absolute Gasteiger partial charge is 0.463 e. The molecule has 2 fully saturated rings. The maximum atomic E-state index is 6.09. The average molecular weight is 367 g/mol. The molecule has 1 aromatic carbocycles. The lowest BCUT2D eigenvalue weighted by Crippen LogP contribution is -2.51. The maximum Gasteiger partial charge on any atom is 0.122 e. The Balaban J connectivity index is 1.13. The monoisotopic (exact) mass is 366 g/mol. The first-order valence-electron chi connectivity index (χ1n) is 10.5. The molecule has 27 heavy (non-hydrogen) atoms. The van der Waals surface area contributed by atoms with Gasteiger partial charge in [0, 0.05) is 38.8 Å². The van der Waals surface area contributed by atoms with Crippen LogP contribution < -0.4 is 10.9 Å². The molecule has 2 aromatic rings. The normalized spacial score (nSPS) is 27.0. The van der Waals surface area contributed by atoms with Crippen molar-refractivity contribution in [3.63, 3.8) is 0 Å². The van der Waals surface area contributed by atoms with Crippen LogP contribution in [0, 0.1) is 0 Å². The molecule has 0 saturated carbocycles. The molecule has 1 aliphatic carbocycles. The molecule has 2 atom stereocenters. The summed E-state index contributed by atoms with van der Waals surface area (Å²) in [4.78, 5) is 5.25. The van der Waals surface area contributed by atoms with Crippen LogP contribution in [0.1, 0.15) is 41.5 Å². The number of hydrogen-bond acceptors (Lipinski definition) is 5. The number of aryl methyl sites for hydroxylation is 1. The lowest BCUT2D eigenvalue weighted by molar-refractivity contribution is 0.0814. The zero-order valence-electron chi connectivity index (χ0n) is 16.0. The lowest BCUT2D eigenvalue weighted by Gasteiger charge is -2.41. The van der Waals surface area contributed by atoms with Crippen molar-refractivity contribution in [2.24, 2.45) is 0 Å². The Morgan fingerprint density at radius 1 is 0.963 bits per heavy atom. The summed E-state index contributed by atoms with van der Waals surface area (Å²) in [5, 5.41) is 0. The quantitative estimate of drug-likeness (QED) is 0.870. The summed E-state index contributed by atoms with van der Waals surface area (Å²) in [6.07, 6.45) is 4.86. The Kier molecular flexibility index (Phi) is 5.01. The van der Waals surface area contributed by atoms with Crippen molar-refractivity contribution < 1.29 is 4.42 Å². The first-order valence-corrected chi connectivity index (χ1v) is 10.5. The molecule has 1 aromatic heterocycles. The van der Waals surface area contributed by atoms with E-state index in [0.29, 0.717) is 6.04 Å². The molecule has 2 unspecified atom stereocenters. The molecule has 3 aliphatic rings. The molecule has 144 valence electrons. The third-order valence-corrected chi connectivity index (χ3v) is 6.48. The zero-order valence-corrected chi connectivity index (χ0v) is 16.0. The fourth-order valence-corrected chi connectivity index (χ4v) is 4.86. The van der Waals surface area contributed by atoms with E-state index >= 15 is 0 Å². The van der Waals surface area contributed by atoms with E-state index in [0.717, 1.165) is 50.2 Å². The van der Waals surface area contributed by atoms with Crippen molar-refractivity contribution in [3.8, 4) is 0 Å². The van der Waals surface area contributed by atoms with Crippen molar-refractivity contribution in [3.05, 3.63) is 59.0 Å². The van der Waals surface area contributed by atoms with Crippen molar-refractivity contribution in [2.75, 3.05) is 32.7 Å². The number of hydrogen-bond donors (Lipinski definition) is 2. The molecule has 5 nitrogen and oxygen atoms in total. The highest BCUT2D eigenvalue weighted by Gasteiger charge is 2.27. The highest BCUT2D eigenvalue weighted by molar-refractivity contribution is 5.30. The summed E-state index contributed by atoms with van der Waals surface area (Å²) < 4.78 is 6.09. The van der Waals surface area contributed by atoms with Gasteiger partial charge in [0.1, 0.15) is 11.5 Å². The van der Waals surface area contributed by atoms with Crippen LogP contribution in [0.5, 0.6) is 0 Å². The fourth-order valence-electron chi connectivity index (χ4n) is 4.86. The molecule has 0 amide bonds. The second-order valence-corrected chi connectivity index (χ2v) is 8.19. The van der Waals surface area contributed by atoms with Crippen LogP contribution in [-0.4, -0.2) is 48.6 Å². The number of piperazine rings is 1. The summed E-state index contributed by atoms with van der Waals surface area (Å²) in [5.41, 5.74) is 9.58. The van der Waals surface area contributed by atoms with Gasteiger partial charge in [0.25, 0.3) is 0 Å². The van der Waals surface area contributed by atoms with Gasteiger partial charge >= 0.3 is 0 Å². The fraction of sp³-hybridized carbons (Fsp3) is 0.545. The summed E-state index contributed by atoms with van der Waals surface area (Å²) >= 11 is 0. The number of rotatable bonds is 4. The molecule has 0 radical (unpaired) electrons. The van der Waals surface area contributed by atoms with Gasteiger partial charge in [-0.05, 0) is 48.9 Å². The van der Waals surface area contributed by atoms with Gasteiger partial charge < -0.3 is 4.42 Å². The van der Waals surface area contributed by atoms with E-state index in [2.05, 4.69) is 57.0 Å². The SMILES string of the molecule is c1ccc2c(c1)CCC(N1CCN(Cc3ccc(C4CCNN4)o3)CC1)C2. The Morgan fingerprint density at radius 2 is 1.81 bits per heavy atom. The number of fused-ring (bicyclic) bond motifs is 1. The first-order chi connectivity index (χ1) is 13.3. The smallest absolute Gasteiger partial charge is 0.122 e. The van der Waals surface area contributed by atoms with Gasteiger partial charge in [-0.2, -0.15) is 0 Å². The average Bonchev–Trinajstić information content (AvgIpc) is 3.40. The van der Waals surface area contributed by atoms with E-state index in [1.54, 1.807) is 11.1 Å². The molecule has 0 spiro atoms. The van der Waals surface area contributed by atoms with Crippen LogP contribution in [0.3, 0.4) is 0 Å². The topological polar surface area (TPSA) is 43.7 Å². The standard InChI is InChI=1S/C22H30N4O/c1-2-4-18-15-19(6-5-17(18)3-1)26-13-11-25(12-14-26)16-20-7-8-22(27-20)21-9-10-23-24-21/h1-4,7-8,19,21,23-24H,5-6,9-16H2. The van der Waals surface area contributed by atoms with Gasteiger partial charge in [0.05, 0.1) is 12.6 Å². The van der Waals surface area contributed by atoms with Gasteiger partial charge in [-0.1, -0.05) is 24.3 Å². The number of benzene rings is 1. The van der Waals surface area contributed by atoms with E-state index in [1.807, 2.05) is 0 Å². The van der Waals surface area contributed by atoms with Crippen LogP contribution in [0.25, 0.3) is 0 Å². The maximum absolute atomic E-state index is 6.09. The van der Waals surface area contributed by atoms with Crippen molar-refractivity contribution >= 4 is 0 Å². The minimum Gasteiger partial charge on any atom is -0.463 e. The predicted octanol–water partition coefficient (Wildman–Crippen LogP) is 2.49. The second-order valence-electron chi connectivity index (χ2n) is 8.19.